The van der Waals surface area contributed by atoms with E-state index in [0.717, 1.165) is 13.1 Å². The highest BCUT2D eigenvalue weighted by molar-refractivity contribution is 5.75. The molecule has 2 rings (SSSR count). The average molecular weight is 626 g/mol. The minimum Gasteiger partial charge on any atom is -0.459 e. The summed E-state index contributed by atoms with van der Waals surface area (Å²) >= 11 is 0. The van der Waals surface area contributed by atoms with E-state index in [2.05, 4.69) is 29.2 Å². The maximum absolute atomic E-state index is 13.0. The van der Waals surface area contributed by atoms with E-state index in [0.29, 0.717) is 26.2 Å². The Bertz CT molecular complexity index is 1110. The van der Waals surface area contributed by atoms with Crippen molar-refractivity contribution in [3.63, 3.8) is 0 Å². The molecule has 45 heavy (non-hydrogen) atoms. The summed E-state index contributed by atoms with van der Waals surface area (Å²) < 4.78 is 16.7. The van der Waals surface area contributed by atoms with E-state index in [1.807, 2.05) is 104 Å². The monoisotopic (exact) mass is 625 g/mol. The summed E-state index contributed by atoms with van der Waals surface area (Å²) in [6, 6.07) is 20.6. The van der Waals surface area contributed by atoms with E-state index in [1.165, 1.54) is 11.1 Å². The number of carbonyl (C=O) groups excluding carboxylic acids is 3. The van der Waals surface area contributed by atoms with E-state index in [-0.39, 0.29) is 25.6 Å². The number of esters is 3. The van der Waals surface area contributed by atoms with E-state index in [4.69, 9.17) is 14.2 Å². The highest BCUT2D eigenvalue weighted by atomic mass is 16.6. The Morgan fingerprint density at radius 3 is 1.09 bits per heavy atom. The van der Waals surface area contributed by atoms with Crippen molar-refractivity contribution in [1.29, 1.82) is 0 Å². The molecule has 0 aliphatic rings. The van der Waals surface area contributed by atoms with Crippen LogP contribution in [0.25, 0.3) is 0 Å². The Morgan fingerprint density at radius 2 is 0.756 bits per heavy atom. The van der Waals surface area contributed by atoms with E-state index in [1.54, 1.807) is 4.90 Å². The van der Waals surface area contributed by atoms with Crippen LogP contribution in [0.3, 0.4) is 0 Å². The smallest absolute Gasteiger partial charge is 0.320 e. The second-order valence-electron chi connectivity index (χ2n) is 14.4. The molecule has 0 aromatic heterocycles. The molecule has 0 fully saturated rings. The molecule has 0 saturated heterocycles. The molecule has 0 amide bonds. The first-order valence-corrected chi connectivity index (χ1v) is 15.8. The molecule has 2 aromatic carbocycles. The lowest BCUT2D eigenvalue weighted by molar-refractivity contribution is -0.161. The minimum atomic E-state index is -0.654. The fourth-order valence-corrected chi connectivity index (χ4v) is 4.62. The summed E-state index contributed by atoms with van der Waals surface area (Å²) in [4.78, 5) is 44.6. The molecule has 0 radical (unpaired) electrons. The van der Waals surface area contributed by atoms with Crippen LogP contribution < -0.4 is 0 Å². The summed E-state index contributed by atoms with van der Waals surface area (Å²) in [5.74, 6) is -1.19. The number of benzene rings is 2. The van der Waals surface area contributed by atoms with Gasteiger partial charge in [-0.3, -0.25) is 29.1 Å². The number of ether oxygens (including phenoxy) is 3. The fraction of sp³-hybridized carbons (Fsp3) is 0.583. The quantitative estimate of drug-likeness (QED) is 0.182. The largest absolute Gasteiger partial charge is 0.459 e. The summed E-state index contributed by atoms with van der Waals surface area (Å²) in [6.45, 7) is 19.8. The van der Waals surface area contributed by atoms with Gasteiger partial charge in [-0.25, -0.2) is 0 Å². The molecular weight excluding hydrogens is 570 g/mol. The second kappa shape index (κ2) is 17.4. The third-order valence-corrected chi connectivity index (χ3v) is 6.28. The van der Waals surface area contributed by atoms with Gasteiger partial charge in [0, 0.05) is 39.3 Å². The van der Waals surface area contributed by atoms with E-state index in [9.17, 15) is 14.4 Å². The van der Waals surface area contributed by atoms with Gasteiger partial charge in [0.25, 0.3) is 0 Å². The highest BCUT2D eigenvalue weighted by Crippen LogP contribution is 2.13. The van der Waals surface area contributed by atoms with Gasteiger partial charge in [0.1, 0.15) is 16.8 Å². The van der Waals surface area contributed by atoms with Gasteiger partial charge in [-0.1, -0.05) is 60.7 Å². The molecule has 2 aromatic rings. The second-order valence-corrected chi connectivity index (χ2v) is 14.4. The van der Waals surface area contributed by atoms with Gasteiger partial charge < -0.3 is 14.2 Å². The Morgan fingerprint density at radius 1 is 0.467 bits per heavy atom. The molecule has 0 heterocycles. The van der Waals surface area contributed by atoms with Gasteiger partial charge in [0.05, 0.1) is 19.6 Å². The van der Waals surface area contributed by atoms with Crippen molar-refractivity contribution in [2.75, 3.05) is 45.8 Å². The molecule has 0 bridgehead atoms. The molecule has 0 aliphatic heterocycles. The van der Waals surface area contributed by atoms with Crippen LogP contribution in [0.4, 0.5) is 0 Å². The van der Waals surface area contributed by atoms with Crippen LogP contribution in [0.1, 0.15) is 73.4 Å². The molecule has 0 unspecified atom stereocenters. The van der Waals surface area contributed by atoms with Crippen molar-refractivity contribution in [1.82, 2.24) is 14.7 Å². The first-order valence-electron chi connectivity index (χ1n) is 15.8. The Kier molecular flexibility index (Phi) is 14.7. The van der Waals surface area contributed by atoms with Gasteiger partial charge in [0.2, 0.25) is 0 Å². The number of rotatable bonds is 16. The predicted octanol–water partition coefficient (Wildman–Crippen LogP) is 5.32. The summed E-state index contributed by atoms with van der Waals surface area (Å²) in [5, 5.41) is 0. The first-order chi connectivity index (χ1) is 20.9. The SMILES string of the molecule is CC(C)(C)OC(=O)CN(CCN(CC(=O)OC(C)(C)C)CC(=O)OC(C)(C)C)CCN(Cc1ccccc1)Cc1ccccc1. The first kappa shape index (κ1) is 37.9. The van der Waals surface area contributed by atoms with Gasteiger partial charge in [-0.15, -0.1) is 0 Å². The Hall–Kier alpha value is -3.27. The Balaban J connectivity index is 2.22. The van der Waals surface area contributed by atoms with Crippen molar-refractivity contribution in [2.24, 2.45) is 0 Å². The molecule has 250 valence electrons. The standard InChI is InChI=1S/C36H55N3O6/c1-34(2,3)43-31(40)26-37(20-22-38(24-29-16-12-10-13-17-29)25-30-18-14-11-15-19-30)21-23-39(27-32(41)44-35(4,5)6)28-33(42)45-36(7,8)9/h10-19H,20-28H2,1-9H3. The van der Waals surface area contributed by atoms with Crippen LogP contribution in [0.15, 0.2) is 60.7 Å². The highest BCUT2D eigenvalue weighted by Gasteiger charge is 2.25. The van der Waals surface area contributed by atoms with E-state index < -0.39 is 28.7 Å². The molecule has 0 atom stereocenters. The number of hydrogen-bond donors (Lipinski definition) is 0. The molecule has 9 heteroatoms. The van der Waals surface area contributed by atoms with Crippen LogP contribution in [-0.2, 0) is 41.7 Å². The summed E-state index contributed by atoms with van der Waals surface area (Å²) in [5.41, 5.74) is 0.479. The topological polar surface area (TPSA) is 88.6 Å². The van der Waals surface area contributed by atoms with Gasteiger partial charge >= 0.3 is 17.9 Å². The van der Waals surface area contributed by atoms with E-state index >= 15 is 0 Å². The van der Waals surface area contributed by atoms with Crippen LogP contribution in [-0.4, -0.2) is 95.2 Å². The molecule has 9 nitrogen and oxygen atoms in total. The molecular formula is C36H55N3O6. The lowest BCUT2D eigenvalue weighted by Crippen LogP contribution is -2.46. The van der Waals surface area contributed by atoms with Crippen LogP contribution in [0.5, 0.6) is 0 Å². The van der Waals surface area contributed by atoms with Crippen LogP contribution >= 0.6 is 0 Å². The maximum atomic E-state index is 13.0. The van der Waals surface area contributed by atoms with Crippen LogP contribution in [0.2, 0.25) is 0 Å². The lowest BCUT2D eigenvalue weighted by atomic mass is 10.1. The lowest BCUT2D eigenvalue weighted by Gasteiger charge is -2.31. The van der Waals surface area contributed by atoms with Crippen LogP contribution in [0, 0.1) is 0 Å². The summed E-state index contributed by atoms with van der Waals surface area (Å²) in [7, 11) is 0. The van der Waals surface area contributed by atoms with Crippen molar-refractivity contribution in [2.45, 2.75) is 92.2 Å². The van der Waals surface area contributed by atoms with Crippen molar-refractivity contribution in [3.8, 4) is 0 Å². The zero-order valence-corrected chi connectivity index (χ0v) is 28.9. The minimum absolute atomic E-state index is 0.0779. The predicted molar refractivity (Wildman–Crippen MR) is 177 cm³/mol. The van der Waals surface area contributed by atoms with Gasteiger partial charge in [-0.05, 0) is 73.4 Å². The molecule has 0 spiro atoms. The van der Waals surface area contributed by atoms with Crippen molar-refractivity contribution in [3.05, 3.63) is 71.8 Å². The number of hydrogen-bond acceptors (Lipinski definition) is 9. The number of nitrogens with zero attached hydrogens (tertiary/aromatic N) is 3. The van der Waals surface area contributed by atoms with Gasteiger partial charge in [0.15, 0.2) is 0 Å². The zero-order chi connectivity index (χ0) is 33.7. The zero-order valence-electron chi connectivity index (χ0n) is 28.9. The molecule has 0 saturated carbocycles. The number of carbonyl (C=O) groups is 3. The van der Waals surface area contributed by atoms with Crippen molar-refractivity contribution >= 4 is 17.9 Å². The normalized spacial score (nSPS) is 12.4. The third kappa shape index (κ3) is 18.3. The fourth-order valence-electron chi connectivity index (χ4n) is 4.62. The average Bonchev–Trinajstić information content (AvgIpc) is 2.88. The van der Waals surface area contributed by atoms with Gasteiger partial charge in [-0.2, -0.15) is 0 Å². The Labute approximate surface area is 270 Å². The third-order valence-electron chi connectivity index (χ3n) is 6.28. The van der Waals surface area contributed by atoms with Crippen molar-refractivity contribution < 1.29 is 28.6 Å². The summed E-state index contributed by atoms with van der Waals surface area (Å²) in [6.07, 6.45) is 0. The maximum Gasteiger partial charge on any atom is 0.320 e. The molecule has 0 N–H and O–H groups in total. The molecule has 0 aliphatic carbocycles.